The highest BCUT2D eigenvalue weighted by atomic mass is 79.9. The van der Waals surface area contributed by atoms with Crippen LogP contribution in [0, 0.1) is 0 Å². The van der Waals surface area contributed by atoms with E-state index in [1.165, 1.54) is 17.5 Å². The molecular formula is C12H16BrNO4S. The van der Waals surface area contributed by atoms with Crippen LogP contribution in [0.4, 0.5) is 0 Å². The van der Waals surface area contributed by atoms with Gasteiger partial charge in [-0.1, -0.05) is 22.9 Å². The number of aliphatic hydroxyl groups is 1. The minimum Gasteiger partial charge on any atom is -0.495 e. The Morgan fingerprint density at radius 3 is 2.63 bits per heavy atom. The maximum Gasteiger partial charge on any atom is 0.246 e. The standard InChI is InChI=1S/C12H16BrNO4S/c1-3-12(15)7-14(8-12)19(16,17)11-6-9(13)4-5-10(11)18-2/h4-6,15H,3,7-8H2,1-2H3. The van der Waals surface area contributed by atoms with Crippen LogP contribution < -0.4 is 4.74 Å². The first-order valence-corrected chi connectivity index (χ1v) is 8.12. The zero-order chi connectivity index (χ0) is 14.3. The highest BCUT2D eigenvalue weighted by molar-refractivity contribution is 9.10. The van der Waals surface area contributed by atoms with Gasteiger partial charge in [0.05, 0.1) is 12.7 Å². The first-order chi connectivity index (χ1) is 8.82. The maximum atomic E-state index is 12.5. The molecule has 0 spiro atoms. The number of rotatable bonds is 4. The molecule has 106 valence electrons. The molecule has 0 unspecified atom stereocenters. The Kier molecular flexibility index (Phi) is 3.92. The van der Waals surface area contributed by atoms with Crippen LogP contribution in [0.3, 0.4) is 0 Å². The van der Waals surface area contributed by atoms with E-state index < -0.39 is 15.6 Å². The Hall–Kier alpha value is -0.630. The third kappa shape index (κ3) is 2.65. The van der Waals surface area contributed by atoms with Gasteiger partial charge in [0.2, 0.25) is 10.0 Å². The number of sulfonamides is 1. The van der Waals surface area contributed by atoms with Crippen LogP contribution in [0.25, 0.3) is 0 Å². The van der Waals surface area contributed by atoms with Crippen molar-refractivity contribution in [3.05, 3.63) is 22.7 Å². The van der Waals surface area contributed by atoms with Crippen LogP contribution in [-0.4, -0.2) is 43.6 Å². The number of ether oxygens (including phenoxy) is 1. The van der Waals surface area contributed by atoms with E-state index in [0.29, 0.717) is 16.6 Å². The van der Waals surface area contributed by atoms with Gasteiger partial charge in [0.15, 0.2) is 0 Å². The molecule has 5 nitrogen and oxygen atoms in total. The number of nitrogens with zero attached hydrogens (tertiary/aromatic N) is 1. The highest BCUT2D eigenvalue weighted by Gasteiger charge is 2.46. The first-order valence-electron chi connectivity index (χ1n) is 5.88. The van der Waals surface area contributed by atoms with E-state index in [-0.39, 0.29) is 18.0 Å². The lowest BCUT2D eigenvalue weighted by Gasteiger charge is -2.44. The zero-order valence-corrected chi connectivity index (χ0v) is 13.2. The van der Waals surface area contributed by atoms with E-state index in [1.54, 1.807) is 12.1 Å². The minimum absolute atomic E-state index is 0.113. The van der Waals surface area contributed by atoms with Gasteiger partial charge in [0.1, 0.15) is 10.6 Å². The van der Waals surface area contributed by atoms with E-state index in [0.717, 1.165) is 0 Å². The molecule has 19 heavy (non-hydrogen) atoms. The Bertz CT molecular complexity index is 581. The third-order valence-corrected chi connectivity index (χ3v) is 5.65. The van der Waals surface area contributed by atoms with E-state index in [9.17, 15) is 13.5 Å². The van der Waals surface area contributed by atoms with E-state index >= 15 is 0 Å². The normalized spacial score (nSPS) is 18.9. The fraction of sp³-hybridized carbons (Fsp3) is 0.500. The number of benzene rings is 1. The molecule has 7 heteroatoms. The van der Waals surface area contributed by atoms with Gasteiger partial charge in [-0.2, -0.15) is 4.31 Å². The summed E-state index contributed by atoms with van der Waals surface area (Å²) in [4.78, 5) is 0.113. The van der Waals surface area contributed by atoms with Crippen molar-refractivity contribution in [2.45, 2.75) is 23.8 Å². The third-order valence-electron chi connectivity index (χ3n) is 3.34. The summed E-state index contributed by atoms with van der Waals surface area (Å²) in [7, 11) is -2.20. The van der Waals surface area contributed by atoms with Crippen molar-refractivity contribution < 1.29 is 18.3 Å². The van der Waals surface area contributed by atoms with E-state index in [4.69, 9.17) is 4.74 Å². The molecular weight excluding hydrogens is 334 g/mol. The number of halogens is 1. The Morgan fingerprint density at radius 2 is 2.11 bits per heavy atom. The smallest absolute Gasteiger partial charge is 0.246 e. The van der Waals surface area contributed by atoms with Crippen molar-refractivity contribution in [1.29, 1.82) is 0 Å². The van der Waals surface area contributed by atoms with Crippen molar-refractivity contribution in [2.24, 2.45) is 0 Å². The Labute approximate surface area is 121 Å². The summed E-state index contributed by atoms with van der Waals surface area (Å²) >= 11 is 3.26. The SMILES string of the molecule is CCC1(O)CN(S(=O)(=O)c2cc(Br)ccc2OC)C1. The van der Waals surface area contributed by atoms with E-state index in [2.05, 4.69) is 15.9 Å². The van der Waals surface area contributed by atoms with Crippen LogP contribution in [0.15, 0.2) is 27.6 Å². The van der Waals surface area contributed by atoms with Crippen molar-refractivity contribution in [3.8, 4) is 5.75 Å². The molecule has 1 heterocycles. The zero-order valence-electron chi connectivity index (χ0n) is 10.8. The topological polar surface area (TPSA) is 66.8 Å². The van der Waals surface area contributed by atoms with Gasteiger partial charge in [0.25, 0.3) is 0 Å². The lowest BCUT2D eigenvalue weighted by molar-refractivity contribution is -0.0613. The molecule has 1 aromatic rings. The quantitative estimate of drug-likeness (QED) is 0.896. The molecule has 0 amide bonds. The van der Waals surface area contributed by atoms with Gasteiger partial charge in [0, 0.05) is 17.6 Å². The van der Waals surface area contributed by atoms with Gasteiger partial charge in [-0.25, -0.2) is 8.42 Å². The molecule has 0 atom stereocenters. The van der Waals surface area contributed by atoms with Crippen molar-refractivity contribution >= 4 is 26.0 Å². The minimum atomic E-state index is -3.63. The number of hydrogen-bond acceptors (Lipinski definition) is 4. The van der Waals surface area contributed by atoms with Gasteiger partial charge < -0.3 is 9.84 Å². The molecule has 0 aliphatic carbocycles. The van der Waals surface area contributed by atoms with E-state index in [1.807, 2.05) is 6.92 Å². The molecule has 1 aliphatic heterocycles. The van der Waals surface area contributed by atoms with Gasteiger partial charge >= 0.3 is 0 Å². The van der Waals surface area contributed by atoms with Crippen LogP contribution >= 0.6 is 15.9 Å². The summed E-state index contributed by atoms with van der Waals surface area (Å²) in [5.41, 5.74) is -0.897. The van der Waals surface area contributed by atoms with Gasteiger partial charge in [-0.05, 0) is 24.6 Å². The van der Waals surface area contributed by atoms with Crippen molar-refractivity contribution in [2.75, 3.05) is 20.2 Å². The number of methoxy groups -OCH3 is 1. The maximum absolute atomic E-state index is 12.5. The molecule has 1 aliphatic rings. The molecule has 1 saturated heterocycles. The average molecular weight is 350 g/mol. The Morgan fingerprint density at radius 1 is 1.47 bits per heavy atom. The molecule has 0 aromatic heterocycles. The second-order valence-electron chi connectivity index (χ2n) is 4.65. The van der Waals surface area contributed by atoms with Crippen LogP contribution in [0.5, 0.6) is 5.75 Å². The molecule has 0 radical (unpaired) electrons. The molecule has 0 bridgehead atoms. The molecule has 1 aromatic carbocycles. The summed E-state index contributed by atoms with van der Waals surface area (Å²) in [6, 6.07) is 4.83. The predicted octanol–water partition coefficient (Wildman–Crippen LogP) is 1.60. The number of β-amino-alcohol motifs (C(OH)–C–C–N with tert-alkyl or cyclic N) is 1. The molecule has 1 N–H and O–H groups in total. The van der Waals surface area contributed by atoms with Gasteiger partial charge in [-0.3, -0.25) is 0 Å². The highest BCUT2D eigenvalue weighted by Crippen LogP contribution is 2.35. The monoisotopic (exact) mass is 349 g/mol. The molecule has 1 fully saturated rings. The van der Waals surface area contributed by atoms with Crippen LogP contribution in [0.2, 0.25) is 0 Å². The fourth-order valence-electron chi connectivity index (χ4n) is 2.00. The van der Waals surface area contributed by atoms with Crippen molar-refractivity contribution in [3.63, 3.8) is 0 Å². The molecule has 2 rings (SSSR count). The first kappa shape index (κ1) is 14.8. The lowest BCUT2D eigenvalue weighted by atomic mass is 9.94. The number of hydrogen-bond donors (Lipinski definition) is 1. The largest absolute Gasteiger partial charge is 0.495 e. The summed E-state index contributed by atoms with van der Waals surface area (Å²) in [5.74, 6) is 0.301. The van der Waals surface area contributed by atoms with Crippen LogP contribution in [0.1, 0.15) is 13.3 Å². The second-order valence-corrected chi connectivity index (χ2v) is 7.47. The van der Waals surface area contributed by atoms with Crippen LogP contribution in [-0.2, 0) is 10.0 Å². The predicted molar refractivity (Wildman–Crippen MR) is 74.7 cm³/mol. The average Bonchev–Trinajstić information content (AvgIpc) is 2.34. The molecule has 0 saturated carbocycles. The summed E-state index contributed by atoms with van der Waals surface area (Å²) in [6.45, 7) is 2.09. The summed E-state index contributed by atoms with van der Waals surface area (Å²) in [5, 5.41) is 9.93. The summed E-state index contributed by atoms with van der Waals surface area (Å²) in [6.07, 6.45) is 0.536. The second kappa shape index (κ2) is 5.05. The van der Waals surface area contributed by atoms with Crippen molar-refractivity contribution in [1.82, 2.24) is 4.31 Å². The lowest BCUT2D eigenvalue weighted by Crippen LogP contribution is -2.62. The van der Waals surface area contributed by atoms with Gasteiger partial charge in [-0.15, -0.1) is 0 Å². The summed E-state index contributed by atoms with van der Waals surface area (Å²) < 4.78 is 32.0. The fourth-order valence-corrected chi connectivity index (χ4v) is 4.29. The Balaban J connectivity index is 2.34.